The van der Waals surface area contributed by atoms with Crippen LogP contribution in [0.4, 0.5) is 0 Å². The Hall–Kier alpha value is -1.21. The molecule has 2 rings (SSSR count). The first kappa shape index (κ1) is 14.2. The molecule has 0 aromatic carbocycles. The van der Waals surface area contributed by atoms with E-state index in [9.17, 15) is 13.2 Å². The number of rotatable bonds is 5. The smallest absolute Gasteiger partial charge is 0.271 e. The zero-order valence-corrected chi connectivity index (χ0v) is 12.6. The number of thiophene rings is 1. The standard InChI is InChI=1S/C12H16N2O3S2/c1-3-5-19(16,17)6-4-14-8-13-10-9(2)7-18-11(10)12(14)15/h7-8H,3-6H2,1-2H3. The zero-order valence-electron chi connectivity index (χ0n) is 10.9. The number of fused-ring (bicyclic) bond motifs is 1. The molecule has 2 aromatic heterocycles. The molecule has 7 heteroatoms. The third-order valence-corrected chi connectivity index (χ3v) is 5.79. The van der Waals surface area contributed by atoms with E-state index in [2.05, 4.69) is 4.98 Å². The average Bonchev–Trinajstić information content (AvgIpc) is 2.71. The third kappa shape index (κ3) is 3.03. The van der Waals surface area contributed by atoms with Gasteiger partial charge in [0.15, 0.2) is 9.84 Å². The zero-order chi connectivity index (χ0) is 14.0. The van der Waals surface area contributed by atoms with Crippen molar-refractivity contribution in [2.75, 3.05) is 11.5 Å². The average molecular weight is 300 g/mol. The highest BCUT2D eigenvalue weighted by Gasteiger charge is 2.12. The van der Waals surface area contributed by atoms with Gasteiger partial charge >= 0.3 is 0 Å². The van der Waals surface area contributed by atoms with Gasteiger partial charge in [-0.15, -0.1) is 11.3 Å². The molecule has 5 nitrogen and oxygen atoms in total. The quantitative estimate of drug-likeness (QED) is 0.841. The highest BCUT2D eigenvalue weighted by Crippen LogP contribution is 2.19. The molecule has 0 spiro atoms. The molecule has 2 heterocycles. The van der Waals surface area contributed by atoms with Gasteiger partial charge in [-0.2, -0.15) is 0 Å². The summed E-state index contributed by atoms with van der Waals surface area (Å²) in [6.45, 7) is 3.90. The molecule has 0 saturated carbocycles. The lowest BCUT2D eigenvalue weighted by molar-refractivity contribution is 0.585. The largest absolute Gasteiger partial charge is 0.297 e. The van der Waals surface area contributed by atoms with E-state index in [0.717, 1.165) is 5.56 Å². The van der Waals surface area contributed by atoms with E-state index < -0.39 is 9.84 Å². The second kappa shape index (κ2) is 5.42. The van der Waals surface area contributed by atoms with Gasteiger partial charge < -0.3 is 0 Å². The van der Waals surface area contributed by atoms with Crippen LogP contribution in [0, 0.1) is 6.92 Å². The van der Waals surface area contributed by atoms with Crippen molar-refractivity contribution in [2.24, 2.45) is 0 Å². The van der Waals surface area contributed by atoms with Gasteiger partial charge in [0.1, 0.15) is 4.70 Å². The van der Waals surface area contributed by atoms with E-state index in [1.165, 1.54) is 22.2 Å². The van der Waals surface area contributed by atoms with Crippen molar-refractivity contribution in [3.63, 3.8) is 0 Å². The molecule has 0 bridgehead atoms. The van der Waals surface area contributed by atoms with E-state index in [1.54, 1.807) is 0 Å². The second-order valence-electron chi connectivity index (χ2n) is 4.49. The first-order valence-corrected chi connectivity index (χ1v) is 8.78. The molecule has 0 aliphatic carbocycles. The third-order valence-electron chi connectivity index (χ3n) is 2.88. The maximum Gasteiger partial charge on any atom is 0.271 e. The SMILES string of the molecule is CCCS(=O)(=O)CCn1cnc2c(C)csc2c1=O. The first-order chi connectivity index (χ1) is 8.94. The van der Waals surface area contributed by atoms with Crippen molar-refractivity contribution >= 4 is 31.4 Å². The minimum atomic E-state index is -3.08. The van der Waals surface area contributed by atoms with Crippen molar-refractivity contribution in [2.45, 2.75) is 26.8 Å². The van der Waals surface area contributed by atoms with Gasteiger partial charge in [0, 0.05) is 12.3 Å². The highest BCUT2D eigenvalue weighted by molar-refractivity contribution is 7.91. The van der Waals surface area contributed by atoms with Crippen LogP contribution in [-0.4, -0.2) is 29.5 Å². The molecule has 0 fully saturated rings. The molecule has 0 atom stereocenters. The van der Waals surface area contributed by atoms with Gasteiger partial charge in [-0.05, 0) is 24.3 Å². The Kier molecular flexibility index (Phi) is 4.05. The second-order valence-corrected chi connectivity index (χ2v) is 7.67. The fraction of sp³-hybridized carbons (Fsp3) is 0.500. The molecule has 0 saturated heterocycles. The van der Waals surface area contributed by atoms with Gasteiger partial charge in [-0.1, -0.05) is 6.92 Å². The van der Waals surface area contributed by atoms with Gasteiger partial charge in [-0.25, -0.2) is 13.4 Å². The summed E-state index contributed by atoms with van der Waals surface area (Å²) in [7, 11) is -3.08. The van der Waals surface area contributed by atoms with Crippen molar-refractivity contribution in [3.05, 3.63) is 27.6 Å². The maximum atomic E-state index is 12.2. The molecule has 0 radical (unpaired) electrons. The molecule has 0 aliphatic heterocycles. The van der Waals surface area contributed by atoms with Crippen molar-refractivity contribution in [3.8, 4) is 0 Å². The molecule has 2 aromatic rings. The number of hydrogen-bond acceptors (Lipinski definition) is 5. The maximum absolute atomic E-state index is 12.2. The number of sulfone groups is 1. The Labute approximate surface area is 115 Å². The van der Waals surface area contributed by atoms with Gasteiger partial charge in [0.25, 0.3) is 5.56 Å². The molecular weight excluding hydrogens is 284 g/mol. The Morgan fingerprint density at radius 2 is 2.11 bits per heavy atom. The van der Waals surface area contributed by atoms with Crippen molar-refractivity contribution < 1.29 is 8.42 Å². The van der Waals surface area contributed by atoms with Crippen LogP contribution >= 0.6 is 11.3 Å². The monoisotopic (exact) mass is 300 g/mol. The number of aryl methyl sites for hydroxylation is 2. The van der Waals surface area contributed by atoms with Crippen LogP contribution in [0.15, 0.2) is 16.5 Å². The summed E-state index contributed by atoms with van der Waals surface area (Å²) in [5.74, 6) is 0.147. The predicted octanol–water partition coefficient (Wildman–Crippen LogP) is 1.59. The summed E-state index contributed by atoms with van der Waals surface area (Å²) < 4.78 is 25.3. The Morgan fingerprint density at radius 3 is 2.79 bits per heavy atom. The Morgan fingerprint density at radius 1 is 1.37 bits per heavy atom. The van der Waals surface area contributed by atoms with Crippen LogP contribution in [0.3, 0.4) is 0 Å². The van der Waals surface area contributed by atoms with Crippen LogP contribution < -0.4 is 5.56 Å². The van der Waals surface area contributed by atoms with Crippen molar-refractivity contribution in [1.82, 2.24) is 9.55 Å². The van der Waals surface area contributed by atoms with Crippen LogP contribution in [-0.2, 0) is 16.4 Å². The van der Waals surface area contributed by atoms with Gasteiger partial charge in [-0.3, -0.25) is 9.36 Å². The topological polar surface area (TPSA) is 69.0 Å². The van der Waals surface area contributed by atoms with E-state index in [-0.39, 0.29) is 23.6 Å². The summed E-state index contributed by atoms with van der Waals surface area (Å²) in [5, 5.41) is 1.89. The van der Waals surface area contributed by atoms with E-state index >= 15 is 0 Å². The summed E-state index contributed by atoms with van der Waals surface area (Å²) in [5.41, 5.74) is 1.53. The summed E-state index contributed by atoms with van der Waals surface area (Å²) >= 11 is 1.35. The van der Waals surface area contributed by atoms with Crippen LogP contribution in [0.25, 0.3) is 10.2 Å². The molecule has 19 heavy (non-hydrogen) atoms. The van der Waals surface area contributed by atoms with Gasteiger partial charge in [0.05, 0.1) is 17.6 Å². The van der Waals surface area contributed by atoms with Crippen molar-refractivity contribution in [1.29, 1.82) is 0 Å². The summed E-state index contributed by atoms with van der Waals surface area (Å²) in [6, 6.07) is 0. The minimum absolute atomic E-state index is 0.0156. The predicted molar refractivity (Wildman–Crippen MR) is 77.6 cm³/mol. The molecule has 0 unspecified atom stereocenters. The minimum Gasteiger partial charge on any atom is -0.297 e. The normalized spacial score (nSPS) is 12.1. The molecule has 0 amide bonds. The van der Waals surface area contributed by atoms with Crippen LogP contribution in [0.5, 0.6) is 0 Å². The van der Waals surface area contributed by atoms with Gasteiger partial charge in [0.2, 0.25) is 0 Å². The molecule has 0 aliphatic rings. The number of nitrogens with zero attached hydrogens (tertiary/aromatic N) is 2. The summed E-state index contributed by atoms with van der Waals surface area (Å²) in [4.78, 5) is 16.4. The number of hydrogen-bond donors (Lipinski definition) is 0. The lowest BCUT2D eigenvalue weighted by Crippen LogP contribution is -2.24. The molecular formula is C12H16N2O3S2. The summed E-state index contributed by atoms with van der Waals surface area (Å²) in [6.07, 6.45) is 2.03. The Bertz CT molecular complexity index is 744. The lowest BCUT2D eigenvalue weighted by Gasteiger charge is -2.05. The van der Waals surface area contributed by atoms with E-state index in [0.29, 0.717) is 16.6 Å². The molecule has 104 valence electrons. The Balaban J connectivity index is 2.27. The fourth-order valence-electron chi connectivity index (χ4n) is 1.87. The van der Waals surface area contributed by atoms with E-state index in [1.807, 2.05) is 19.2 Å². The van der Waals surface area contributed by atoms with Crippen LogP contribution in [0.1, 0.15) is 18.9 Å². The van der Waals surface area contributed by atoms with E-state index in [4.69, 9.17) is 0 Å². The fourth-order valence-corrected chi connectivity index (χ4v) is 4.12. The first-order valence-electron chi connectivity index (χ1n) is 6.08. The number of aromatic nitrogens is 2. The van der Waals surface area contributed by atoms with Crippen LogP contribution in [0.2, 0.25) is 0 Å². The molecule has 0 N–H and O–H groups in total. The highest BCUT2D eigenvalue weighted by atomic mass is 32.2. The lowest BCUT2D eigenvalue weighted by atomic mass is 10.3.